The summed E-state index contributed by atoms with van der Waals surface area (Å²) in [6.45, 7) is 9.25. The van der Waals surface area contributed by atoms with Crippen LogP contribution in [0.4, 0.5) is 5.69 Å². The minimum Gasteiger partial charge on any atom is -0.369 e. The summed E-state index contributed by atoms with van der Waals surface area (Å²) in [7, 11) is 0. The minimum atomic E-state index is 0. The first-order valence-electron chi connectivity index (χ1n) is 6.93. The number of hydrogen-bond donors (Lipinski definition) is 0. The highest BCUT2D eigenvalue weighted by Gasteiger charge is 2.06. The van der Waals surface area contributed by atoms with E-state index in [0.717, 1.165) is 32.7 Å². The van der Waals surface area contributed by atoms with Crippen LogP contribution in [0.5, 0.6) is 0 Å². The number of hydrogen-bond acceptors (Lipinski definition) is 2. The smallest absolute Gasteiger partial charge is 0.0399 e. The van der Waals surface area contributed by atoms with Crippen LogP contribution in [0.2, 0.25) is 0 Å². The van der Waals surface area contributed by atoms with Gasteiger partial charge in [-0.3, -0.25) is 4.90 Å². The average molecular weight is 340 g/mol. The Hall–Kier alpha value is -0.150. The van der Waals surface area contributed by atoms with Crippen LogP contribution in [-0.4, -0.2) is 42.8 Å². The molecule has 2 nitrogen and oxygen atoms in total. The maximum absolute atomic E-state index is 5.83. The van der Waals surface area contributed by atoms with E-state index in [-0.39, 0.29) is 12.4 Å². The summed E-state index contributed by atoms with van der Waals surface area (Å²) in [5.74, 6) is 1.25. The molecule has 0 bridgehead atoms. The lowest BCUT2D eigenvalue weighted by Gasteiger charge is -2.23. The molecule has 0 fully saturated rings. The monoisotopic (exact) mass is 338 g/mol. The van der Waals surface area contributed by atoms with Crippen LogP contribution in [0.3, 0.4) is 0 Å². The van der Waals surface area contributed by atoms with E-state index in [1.54, 1.807) is 0 Å². The van der Waals surface area contributed by atoms with Crippen LogP contribution in [0, 0.1) is 0 Å². The second kappa shape index (κ2) is 11.5. The topological polar surface area (TPSA) is 6.48 Å². The second-order valence-corrected chi connectivity index (χ2v) is 5.25. The van der Waals surface area contributed by atoms with Crippen LogP contribution in [-0.2, 0) is 6.54 Å². The lowest BCUT2D eigenvalue weighted by Crippen LogP contribution is -2.27. The Balaban J connectivity index is 0.00000361. The van der Waals surface area contributed by atoms with Gasteiger partial charge < -0.3 is 4.90 Å². The van der Waals surface area contributed by atoms with Gasteiger partial charge in [0.05, 0.1) is 0 Å². The predicted octanol–water partition coefficient (Wildman–Crippen LogP) is 4.23. The van der Waals surface area contributed by atoms with Crippen LogP contribution in [0.1, 0.15) is 19.4 Å². The lowest BCUT2D eigenvalue weighted by molar-refractivity contribution is 0.296. The van der Waals surface area contributed by atoms with Crippen molar-refractivity contribution in [3.63, 3.8) is 0 Å². The van der Waals surface area contributed by atoms with Gasteiger partial charge >= 0.3 is 0 Å². The quantitative estimate of drug-likeness (QED) is 0.621. The zero-order valence-electron chi connectivity index (χ0n) is 12.3. The predicted molar refractivity (Wildman–Crippen MR) is 94.0 cm³/mol. The van der Waals surface area contributed by atoms with E-state index in [1.165, 1.54) is 11.3 Å². The fourth-order valence-electron chi connectivity index (χ4n) is 2.09. The number of rotatable bonds is 9. The van der Waals surface area contributed by atoms with Gasteiger partial charge in [-0.05, 0) is 30.8 Å². The number of alkyl halides is 2. The molecule has 0 amide bonds. The summed E-state index contributed by atoms with van der Waals surface area (Å²) >= 11 is 11.7. The maximum Gasteiger partial charge on any atom is 0.0399 e. The third-order valence-corrected chi connectivity index (χ3v) is 3.65. The summed E-state index contributed by atoms with van der Waals surface area (Å²) in [6.07, 6.45) is 0. The largest absolute Gasteiger partial charge is 0.369 e. The van der Waals surface area contributed by atoms with E-state index < -0.39 is 0 Å². The van der Waals surface area contributed by atoms with Gasteiger partial charge in [0.25, 0.3) is 0 Å². The molecule has 0 aliphatic rings. The fraction of sp³-hybridized carbons (Fsp3) is 0.600. The summed E-state index contributed by atoms with van der Waals surface area (Å²) in [4.78, 5) is 4.63. The van der Waals surface area contributed by atoms with Gasteiger partial charge in [0.2, 0.25) is 0 Å². The maximum atomic E-state index is 5.83. The van der Waals surface area contributed by atoms with E-state index in [1.807, 2.05) is 0 Å². The molecule has 0 saturated carbocycles. The van der Waals surface area contributed by atoms with E-state index in [9.17, 15) is 0 Å². The Labute approximate surface area is 139 Å². The highest BCUT2D eigenvalue weighted by molar-refractivity contribution is 6.18. The van der Waals surface area contributed by atoms with E-state index in [4.69, 9.17) is 23.2 Å². The molecule has 0 heterocycles. The van der Waals surface area contributed by atoms with Crippen molar-refractivity contribution in [1.29, 1.82) is 0 Å². The molecule has 0 aliphatic heterocycles. The SMILES string of the molecule is CCN(CC)Cc1ccc(N(CCCl)CCCl)cc1.Cl. The molecule has 116 valence electrons. The molecule has 0 atom stereocenters. The number of halogens is 3. The van der Waals surface area contributed by atoms with Crippen molar-refractivity contribution in [2.75, 3.05) is 42.8 Å². The van der Waals surface area contributed by atoms with Gasteiger partial charge in [0.1, 0.15) is 0 Å². The lowest BCUT2D eigenvalue weighted by atomic mass is 10.2. The van der Waals surface area contributed by atoms with Gasteiger partial charge in [-0.25, -0.2) is 0 Å². The molecular weight excluding hydrogens is 315 g/mol. The zero-order chi connectivity index (χ0) is 14.1. The van der Waals surface area contributed by atoms with Crippen molar-refractivity contribution in [1.82, 2.24) is 4.90 Å². The molecular formula is C15H25Cl3N2. The molecule has 0 unspecified atom stereocenters. The van der Waals surface area contributed by atoms with E-state index >= 15 is 0 Å². The summed E-state index contributed by atoms with van der Waals surface area (Å²) < 4.78 is 0. The number of nitrogens with zero attached hydrogens (tertiary/aromatic N) is 2. The van der Waals surface area contributed by atoms with Gasteiger partial charge in [0.15, 0.2) is 0 Å². The van der Waals surface area contributed by atoms with Crippen LogP contribution < -0.4 is 4.90 Å². The third kappa shape index (κ3) is 6.53. The van der Waals surface area contributed by atoms with Crippen molar-refractivity contribution in [3.05, 3.63) is 29.8 Å². The first-order valence-corrected chi connectivity index (χ1v) is 8.00. The second-order valence-electron chi connectivity index (χ2n) is 4.49. The molecule has 0 N–H and O–H groups in total. The Morgan fingerprint density at radius 1 is 0.900 bits per heavy atom. The Kier molecular flexibility index (Phi) is 11.4. The highest BCUT2D eigenvalue weighted by atomic mass is 35.5. The van der Waals surface area contributed by atoms with Crippen LogP contribution in [0.15, 0.2) is 24.3 Å². The molecule has 20 heavy (non-hydrogen) atoms. The Bertz CT molecular complexity index is 333. The van der Waals surface area contributed by atoms with Gasteiger partial charge in [-0.1, -0.05) is 26.0 Å². The molecule has 1 aromatic rings. The molecule has 0 aromatic heterocycles. The van der Waals surface area contributed by atoms with Gasteiger partial charge in [-0.2, -0.15) is 0 Å². The first kappa shape index (κ1) is 19.9. The average Bonchev–Trinajstić information content (AvgIpc) is 2.45. The fourth-order valence-corrected chi connectivity index (χ4v) is 2.50. The van der Waals surface area contributed by atoms with E-state index in [0.29, 0.717) is 11.8 Å². The summed E-state index contributed by atoms with van der Waals surface area (Å²) in [6, 6.07) is 8.72. The Morgan fingerprint density at radius 3 is 1.80 bits per heavy atom. The van der Waals surface area contributed by atoms with Crippen molar-refractivity contribution < 1.29 is 0 Å². The van der Waals surface area contributed by atoms with Crippen LogP contribution in [0.25, 0.3) is 0 Å². The third-order valence-electron chi connectivity index (χ3n) is 3.31. The number of anilines is 1. The first-order chi connectivity index (χ1) is 9.24. The van der Waals surface area contributed by atoms with Gasteiger partial charge in [0, 0.05) is 37.1 Å². The molecule has 1 aromatic carbocycles. The van der Waals surface area contributed by atoms with Crippen LogP contribution >= 0.6 is 35.6 Å². The zero-order valence-corrected chi connectivity index (χ0v) is 14.6. The standard InChI is InChI=1S/C15H24Cl2N2.ClH/c1-3-18(4-2)13-14-5-7-15(8-6-14)19(11-9-16)12-10-17;/h5-8H,3-4,9-13H2,1-2H3;1H. The molecule has 0 aliphatic carbocycles. The molecule has 5 heteroatoms. The van der Waals surface area contributed by atoms with E-state index in [2.05, 4.69) is 47.9 Å². The Morgan fingerprint density at radius 2 is 1.40 bits per heavy atom. The number of benzene rings is 1. The molecule has 1 rings (SSSR count). The van der Waals surface area contributed by atoms with Crippen molar-refractivity contribution in [2.45, 2.75) is 20.4 Å². The van der Waals surface area contributed by atoms with Crippen molar-refractivity contribution in [2.24, 2.45) is 0 Å². The normalized spacial score (nSPS) is 10.4. The summed E-state index contributed by atoms with van der Waals surface area (Å²) in [5.41, 5.74) is 2.55. The highest BCUT2D eigenvalue weighted by Crippen LogP contribution is 2.16. The van der Waals surface area contributed by atoms with Crippen molar-refractivity contribution in [3.8, 4) is 0 Å². The molecule has 0 saturated heterocycles. The summed E-state index contributed by atoms with van der Waals surface area (Å²) in [5, 5.41) is 0. The minimum absolute atomic E-state index is 0. The van der Waals surface area contributed by atoms with Crippen molar-refractivity contribution >= 4 is 41.3 Å². The molecule has 0 radical (unpaired) electrons. The molecule has 0 spiro atoms. The van der Waals surface area contributed by atoms with Gasteiger partial charge in [-0.15, -0.1) is 35.6 Å².